The van der Waals surface area contributed by atoms with Crippen molar-refractivity contribution in [2.24, 2.45) is 5.73 Å². The van der Waals surface area contributed by atoms with Crippen LogP contribution in [-0.4, -0.2) is 21.5 Å². The molecule has 9 heteroatoms. The number of sulfonamides is 1. The minimum atomic E-state index is -3.76. The first-order valence-electron chi connectivity index (χ1n) is 4.73. The second-order valence-corrected chi connectivity index (χ2v) is 6.20. The lowest BCUT2D eigenvalue weighted by molar-refractivity contribution is 0.578. The molecule has 18 heavy (non-hydrogen) atoms. The van der Waals surface area contributed by atoms with Gasteiger partial charge in [0.2, 0.25) is 10.0 Å². The first-order valence-corrected chi connectivity index (χ1v) is 7.38. The zero-order chi connectivity index (χ0) is 13.1. The fraction of sp³-hybridized carbons (Fsp3) is 0.333. The number of hydrogen-bond donors (Lipinski definition) is 2. The molecule has 104 valence electrons. The highest BCUT2D eigenvalue weighted by atomic mass is 79.9. The van der Waals surface area contributed by atoms with Crippen LogP contribution in [0, 0.1) is 5.82 Å². The molecule has 0 bridgehead atoms. The predicted octanol–water partition coefficient (Wildman–Crippen LogP) is 2.29. The molecule has 3 N–H and O–H groups in total. The Balaban J connectivity index is 0.00000289. The van der Waals surface area contributed by atoms with Crippen LogP contribution in [0.5, 0.6) is 0 Å². The number of hydrogen-bond acceptors (Lipinski definition) is 3. The van der Waals surface area contributed by atoms with Crippen molar-refractivity contribution in [3.05, 3.63) is 27.4 Å². The molecule has 0 radical (unpaired) electrons. The summed E-state index contributed by atoms with van der Waals surface area (Å²) < 4.78 is 39.1. The van der Waals surface area contributed by atoms with Crippen LogP contribution < -0.4 is 10.5 Å². The van der Waals surface area contributed by atoms with E-state index in [9.17, 15) is 12.8 Å². The maximum atomic E-state index is 13.0. The van der Waals surface area contributed by atoms with E-state index in [1.807, 2.05) is 0 Å². The summed E-state index contributed by atoms with van der Waals surface area (Å²) in [4.78, 5) is -0.169. The van der Waals surface area contributed by atoms with E-state index in [2.05, 4.69) is 20.7 Å². The standard InChI is InChI=1S/C9H11BrClFN2O2S.ClH/c10-7-4-6(12)5-8(11)9(7)17(15,16)14-3-1-2-13;/h4-5,14H,1-3,13H2;1H. The Labute approximate surface area is 125 Å². The highest BCUT2D eigenvalue weighted by Gasteiger charge is 2.21. The molecule has 0 saturated carbocycles. The summed E-state index contributed by atoms with van der Waals surface area (Å²) in [5, 5.41) is -0.169. The Bertz CT molecular complexity index is 490. The van der Waals surface area contributed by atoms with Crippen molar-refractivity contribution in [2.75, 3.05) is 13.1 Å². The van der Waals surface area contributed by atoms with Crippen LogP contribution in [0.1, 0.15) is 6.42 Å². The summed E-state index contributed by atoms with van der Waals surface area (Å²) in [5.41, 5.74) is 5.26. The van der Waals surface area contributed by atoms with Gasteiger partial charge in [0.15, 0.2) is 0 Å². The summed E-state index contributed by atoms with van der Waals surface area (Å²) in [6.07, 6.45) is 0.510. The van der Waals surface area contributed by atoms with Gasteiger partial charge in [-0.25, -0.2) is 17.5 Å². The smallest absolute Gasteiger partial charge is 0.243 e. The summed E-state index contributed by atoms with van der Waals surface area (Å²) in [6, 6.07) is 1.99. The van der Waals surface area contributed by atoms with Crippen molar-refractivity contribution in [1.82, 2.24) is 4.72 Å². The minimum Gasteiger partial charge on any atom is -0.330 e. The molecular weight excluding hydrogens is 370 g/mol. The van der Waals surface area contributed by atoms with Gasteiger partial charge in [-0.05, 0) is 41.0 Å². The maximum absolute atomic E-state index is 13.0. The Morgan fingerprint density at radius 1 is 1.44 bits per heavy atom. The van der Waals surface area contributed by atoms with Crippen molar-refractivity contribution in [2.45, 2.75) is 11.3 Å². The second kappa shape index (κ2) is 7.62. The maximum Gasteiger partial charge on any atom is 0.243 e. The molecule has 0 amide bonds. The van der Waals surface area contributed by atoms with E-state index in [0.29, 0.717) is 13.0 Å². The SMILES string of the molecule is Cl.NCCCNS(=O)(=O)c1c(Cl)cc(F)cc1Br. The Kier molecular flexibility index (Phi) is 7.65. The molecule has 0 aromatic heterocycles. The van der Waals surface area contributed by atoms with Crippen LogP contribution in [0.25, 0.3) is 0 Å². The first-order chi connectivity index (χ1) is 7.88. The zero-order valence-electron chi connectivity index (χ0n) is 9.12. The van der Waals surface area contributed by atoms with Crippen LogP contribution in [-0.2, 0) is 10.0 Å². The van der Waals surface area contributed by atoms with Gasteiger partial charge >= 0.3 is 0 Å². The van der Waals surface area contributed by atoms with Gasteiger partial charge in [-0.15, -0.1) is 12.4 Å². The Hall–Kier alpha value is 0.0800. The lowest BCUT2D eigenvalue weighted by Crippen LogP contribution is -2.26. The Morgan fingerprint density at radius 2 is 2.06 bits per heavy atom. The average Bonchev–Trinajstić information content (AvgIpc) is 2.15. The topological polar surface area (TPSA) is 72.2 Å². The average molecular weight is 382 g/mol. The monoisotopic (exact) mass is 380 g/mol. The van der Waals surface area contributed by atoms with Crippen molar-refractivity contribution >= 4 is 50.0 Å². The lowest BCUT2D eigenvalue weighted by atomic mass is 10.3. The summed E-state index contributed by atoms with van der Waals surface area (Å²) in [6.45, 7) is 0.583. The summed E-state index contributed by atoms with van der Waals surface area (Å²) >= 11 is 8.69. The van der Waals surface area contributed by atoms with E-state index in [1.165, 1.54) is 0 Å². The fourth-order valence-electron chi connectivity index (χ4n) is 1.17. The third kappa shape index (κ3) is 4.64. The van der Waals surface area contributed by atoms with Crippen LogP contribution in [0.2, 0.25) is 5.02 Å². The van der Waals surface area contributed by atoms with Gasteiger partial charge in [-0.2, -0.15) is 0 Å². The van der Waals surface area contributed by atoms with E-state index >= 15 is 0 Å². The highest BCUT2D eigenvalue weighted by molar-refractivity contribution is 9.10. The minimum absolute atomic E-state index is 0. The number of nitrogens with two attached hydrogens (primary N) is 1. The predicted molar refractivity (Wildman–Crippen MR) is 75.2 cm³/mol. The lowest BCUT2D eigenvalue weighted by Gasteiger charge is -2.09. The number of nitrogens with one attached hydrogen (secondary N) is 1. The van der Waals surface area contributed by atoms with Crippen molar-refractivity contribution in [1.29, 1.82) is 0 Å². The van der Waals surface area contributed by atoms with Gasteiger partial charge in [0.25, 0.3) is 0 Å². The van der Waals surface area contributed by atoms with Crippen LogP contribution in [0.4, 0.5) is 4.39 Å². The number of halogens is 4. The number of benzene rings is 1. The van der Waals surface area contributed by atoms with Gasteiger partial charge in [0.05, 0.1) is 5.02 Å². The molecule has 0 aliphatic rings. The van der Waals surface area contributed by atoms with Gasteiger partial charge < -0.3 is 5.73 Å². The van der Waals surface area contributed by atoms with Gasteiger partial charge in [0.1, 0.15) is 10.7 Å². The molecule has 1 rings (SSSR count). The molecule has 0 heterocycles. The van der Waals surface area contributed by atoms with Crippen molar-refractivity contribution in [3.63, 3.8) is 0 Å². The fourth-order valence-corrected chi connectivity index (χ4v) is 4.05. The molecular formula is C9H12BrCl2FN2O2S. The molecule has 1 aromatic carbocycles. The first kappa shape index (κ1) is 18.1. The van der Waals surface area contributed by atoms with E-state index in [4.69, 9.17) is 17.3 Å². The van der Waals surface area contributed by atoms with Gasteiger partial charge in [-0.1, -0.05) is 11.6 Å². The quantitative estimate of drug-likeness (QED) is 0.768. The van der Waals surface area contributed by atoms with Gasteiger partial charge in [-0.3, -0.25) is 0 Å². The third-order valence-electron chi connectivity index (χ3n) is 1.90. The highest BCUT2D eigenvalue weighted by Crippen LogP contribution is 2.30. The van der Waals surface area contributed by atoms with Gasteiger partial charge in [0, 0.05) is 11.0 Å². The van der Waals surface area contributed by atoms with E-state index < -0.39 is 15.8 Å². The van der Waals surface area contributed by atoms with Crippen LogP contribution in [0.3, 0.4) is 0 Å². The Morgan fingerprint density at radius 3 is 2.56 bits per heavy atom. The molecule has 0 aliphatic carbocycles. The molecule has 0 fully saturated rings. The van der Waals surface area contributed by atoms with Crippen LogP contribution >= 0.6 is 39.9 Å². The third-order valence-corrected chi connectivity index (χ3v) is 4.76. The normalized spacial score (nSPS) is 11.1. The molecule has 0 atom stereocenters. The van der Waals surface area contributed by atoms with E-state index in [1.54, 1.807) is 0 Å². The molecule has 1 aromatic rings. The van der Waals surface area contributed by atoms with Crippen molar-refractivity contribution in [3.8, 4) is 0 Å². The van der Waals surface area contributed by atoms with Crippen LogP contribution in [0.15, 0.2) is 21.5 Å². The summed E-state index contributed by atoms with van der Waals surface area (Å²) in [5.74, 6) is -0.609. The molecule has 4 nitrogen and oxygen atoms in total. The molecule has 0 spiro atoms. The molecule has 0 aliphatic heterocycles. The number of rotatable bonds is 5. The van der Waals surface area contributed by atoms with E-state index in [0.717, 1.165) is 12.1 Å². The molecule has 0 unspecified atom stereocenters. The summed E-state index contributed by atoms with van der Waals surface area (Å²) in [7, 11) is -3.76. The largest absolute Gasteiger partial charge is 0.330 e. The second-order valence-electron chi connectivity index (χ2n) is 3.24. The zero-order valence-corrected chi connectivity index (χ0v) is 13.1. The van der Waals surface area contributed by atoms with E-state index in [-0.39, 0.29) is 33.3 Å². The van der Waals surface area contributed by atoms with Crippen molar-refractivity contribution < 1.29 is 12.8 Å². The molecule has 0 saturated heterocycles.